The number of H-pyrrole nitrogens is 1. The Hall–Kier alpha value is -2.67. The van der Waals surface area contributed by atoms with E-state index in [0.29, 0.717) is 5.92 Å². The predicted molar refractivity (Wildman–Crippen MR) is 111 cm³/mol. The molecule has 168 valence electrons. The molecule has 3 heterocycles. The maximum absolute atomic E-state index is 12.4. The lowest BCUT2D eigenvalue weighted by Gasteiger charge is -2.21. The van der Waals surface area contributed by atoms with Gasteiger partial charge in [0.05, 0.1) is 12.6 Å². The van der Waals surface area contributed by atoms with Gasteiger partial charge in [0.2, 0.25) is 5.95 Å². The Kier molecular flexibility index (Phi) is 5.88. The standard InChI is InChI=1S/C19H27N7O5/c1-8-5-3-4-6-10(9(8)2)24-25-19-21-12-15(22-18(20)23-16(12)30)26(19)17-14(29)13(28)11(7-27)31-17/h4,6,8-11,13-14,17,27-29H,3,5,7H2,1-2H3,(H3,20,22,23,30)/t8-,9-,10+,11+,13?,14?,17+/m0/s1. The Morgan fingerprint density at radius 1 is 1.32 bits per heavy atom. The van der Waals surface area contributed by atoms with E-state index >= 15 is 0 Å². The van der Waals surface area contributed by atoms with Crippen molar-refractivity contribution in [1.82, 2.24) is 19.5 Å². The van der Waals surface area contributed by atoms with Gasteiger partial charge in [0.15, 0.2) is 17.4 Å². The third-order valence-electron chi connectivity index (χ3n) is 6.16. The normalized spacial score (nSPS) is 34.0. The average Bonchev–Trinajstić information content (AvgIpc) is 3.17. The summed E-state index contributed by atoms with van der Waals surface area (Å²) in [5.41, 5.74) is 5.09. The Labute approximate surface area is 177 Å². The number of nitrogens with zero attached hydrogens (tertiary/aromatic N) is 5. The molecule has 1 aliphatic heterocycles. The highest BCUT2D eigenvalue weighted by Crippen LogP contribution is 2.35. The van der Waals surface area contributed by atoms with Crippen molar-refractivity contribution in [2.45, 2.75) is 57.3 Å². The minimum absolute atomic E-state index is 0.0223. The van der Waals surface area contributed by atoms with Crippen LogP contribution < -0.4 is 11.3 Å². The SMILES string of the molecule is C[C@H]1[C@@H](C)CCC=C[C@H]1N=Nc1nc2c(=O)[nH]c(N)nc2n1[C@@H]1O[C@H](CO)C(O)C1O. The molecular formula is C19H27N7O5. The van der Waals surface area contributed by atoms with Crippen LogP contribution in [0, 0.1) is 11.8 Å². The molecule has 0 spiro atoms. The molecule has 31 heavy (non-hydrogen) atoms. The van der Waals surface area contributed by atoms with Crippen LogP contribution in [0.3, 0.4) is 0 Å². The molecular weight excluding hydrogens is 406 g/mol. The summed E-state index contributed by atoms with van der Waals surface area (Å²) in [5.74, 6) is 0.517. The summed E-state index contributed by atoms with van der Waals surface area (Å²) in [4.78, 5) is 23.1. The fraction of sp³-hybridized carbons (Fsp3) is 0.632. The van der Waals surface area contributed by atoms with Crippen LogP contribution in [-0.4, -0.2) is 65.8 Å². The molecule has 1 aliphatic carbocycles. The smallest absolute Gasteiger partial charge is 0.280 e. The highest BCUT2D eigenvalue weighted by atomic mass is 16.6. The van der Waals surface area contributed by atoms with Gasteiger partial charge in [-0.3, -0.25) is 14.3 Å². The zero-order chi connectivity index (χ0) is 22.3. The average molecular weight is 433 g/mol. The fourth-order valence-corrected chi connectivity index (χ4v) is 4.02. The number of nitrogens with one attached hydrogen (secondary N) is 1. The molecule has 6 N–H and O–H groups in total. The first-order valence-corrected chi connectivity index (χ1v) is 10.3. The Bertz CT molecular complexity index is 1060. The predicted octanol–water partition coefficient (Wildman–Crippen LogP) is 0.388. The molecule has 0 radical (unpaired) electrons. The summed E-state index contributed by atoms with van der Waals surface area (Å²) in [6.45, 7) is 3.77. The van der Waals surface area contributed by atoms with Gasteiger partial charge in [-0.15, -0.1) is 5.11 Å². The number of hydrogen-bond donors (Lipinski definition) is 5. The summed E-state index contributed by atoms with van der Waals surface area (Å²) >= 11 is 0. The second-order valence-electron chi connectivity index (χ2n) is 8.18. The Balaban J connectivity index is 1.81. The molecule has 2 aliphatic rings. The van der Waals surface area contributed by atoms with Gasteiger partial charge < -0.3 is 25.8 Å². The zero-order valence-corrected chi connectivity index (χ0v) is 17.3. The number of anilines is 1. The molecule has 12 nitrogen and oxygen atoms in total. The number of aliphatic hydroxyl groups is 3. The Morgan fingerprint density at radius 2 is 2.10 bits per heavy atom. The molecule has 1 saturated heterocycles. The quantitative estimate of drug-likeness (QED) is 0.338. The molecule has 0 aromatic carbocycles. The minimum Gasteiger partial charge on any atom is -0.394 e. The van der Waals surface area contributed by atoms with E-state index in [4.69, 9.17) is 10.5 Å². The van der Waals surface area contributed by atoms with E-state index in [9.17, 15) is 20.1 Å². The lowest BCUT2D eigenvalue weighted by molar-refractivity contribution is -0.0503. The summed E-state index contributed by atoms with van der Waals surface area (Å²) in [7, 11) is 0. The van der Waals surface area contributed by atoms with Gasteiger partial charge in [-0.25, -0.2) is 4.98 Å². The first-order chi connectivity index (χ1) is 14.8. The van der Waals surface area contributed by atoms with Gasteiger partial charge in [-0.1, -0.05) is 26.0 Å². The zero-order valence-electron chi connectivity index (χ0n) is 17.3. The molecule has 12 heteroatoms. The lowest BCUT2D eigenvalue weighted by Crippen LogP contribution is -2.33. The number of rotatable bonds is 4. The van der Waals surface area contributed by atoms with Crippen molar-refractivity contribution in [2.75, 3.05) is 12.3 Å². The number of imidazole rings is 1. The number of fused-ring (bicyclic) bond motifs is 1. The summed E-state index contributed by atoms with van der Waals surface area (Å²) in [6, 6.07) is -0.188. The van der Waals surface area contributed by atoms with Crippen molar-refractivity contribution < 1.29 is 20.1 Å². The number of azo groups is 1. The topological polar surface area (TPSA) is 184 Å². The van der Waals surface area contributed by atoms with Crippen LogP contribution in [-0.2, 0) is 4.74 Å². The fourth-order valence-electron chi connectivity index (χ4n) is 4.02. The van der Waals surface area contributed by atoms with Crippen molar-refractivity contribution in [3.63, 3.8) is 0 Å². The number of ether oxygens (including phenoxy) is 1. The van der Waals surface area contributed by atoms with Crippen LogP contribution >= 0.6 is 0 Å². The summed E-state index contributed by atoms with van der Waals surface area (Å²) in [5, 5.41) is 38.9. The summed E-state index contributed by atoms with van der Waals surface area (Å²) < 4.78 is 6.90. The number of nitrogens with two attached hydrogens (primary N) is 1. The second-order valence-corrected chi connectivity index (χ2v) is 8.18. The molecule has 4 rings (SSSR count). The van der Waals surface area contributed by atoms with Gasteiger partial charge in [-0.2, -0.15) is 10.1 Å². The lowest BCUT2D eigenvalue weighted by atomic mass is 9.88. The number of allylic oxidation sites excluding steroid dienone is 1. The highest BCUT2D eigenvalue weighted by Gasteiger charge is 2.45. The van der Waals surface area contributed by atoms with E-state index in [2.05, 4.69) is 45.1 Å². The monoisotopic (exact) mass is 433 g/mol. The molecule has 7 atom stereocenters. The largest absolute Gasteiger partial charge is 0.394 e. The summed E-state index contributed by atoms with van der Waals surface area (Å²) in [6.07, 6.45) is 1.13. The van der Waals surface area contributed by atoms with E-state index in [1.807, 2.05) is 6.08 Å². The van der Waals surface area contributed by atoms with Gasteiger partial charge in [0.25, 0.3) is 11.5 Å². The van der Waals surface area contributed by atoms with Crippen LogP contribution in [0.2, 0.25) is 0 Å². The van der Waals surface area contributed by atoms with Crippen LogP contribution in [0.1, 0.15) is 32.9 Å². The molecule has 1 fully saturated rings. The van der Waals surface area contributed by atoms with Gasteiger partial charge in [0.1, 0.15) is 18.3 Å². The second kappa shape index (κ2) is 8.46. The molecule has 2 aromatic rings. The highest BCUT2D eigenvalue weighted by molar-refractivity contribution is 5.74. The molecule has 2 aromatic heterocycles. The van der Waals surface area contributed by atoms with Gasteiger partial charge in [0, 0.05) is 0 Å². The van der Waals surface area contributed by atoms with Crippen LogP contribution in [0.15, 0.2) is 27.2 Å². The third-order valence-corrected chi connectivity index (χ3v) is 6.16. The van der Waals surface area contributed by atoms with Crippen molar-refractivity contribution in [1.29, 1.82) is 0 Å². The number of aromatic nitrogens is 4. The Morgan fingerprint density at radius 3 is 2.81 bits per heavy atom. The van der Waals surface area contributed by atoms with Crippen molar-refractivity contribution >= 4 is 23.1 Å². The van der Waals surface area contributed by atoms with E-state index in [1.54, 1.807) is 0 Å². The molecule has 2 unspecified atom stereocenters. The number of aliphatic hydroxyl groups excluding tert-OH is 3. The van der Waals surface area contributed by atoms with Crippen LogP contribution in [0.25, 0.3) is 11.2 Å². The van der Waals surface area contributed by atoms with Gasteiger partial charge >= 0.3 is 0 Å². The van der Waals surface area contributed by atoms with Gasteiger partial charge in [-0.05, 0) is 24.7 Å². The minimum atomic E-state index is -1.41. The van der Waals surface area contributed by atoms with Crippen molar-refractivity contribution in [3.05, 3.63) is 22.5 Å². The van der Waals surface area contributed by atoms with Crippen molar-refractivity contribution in [3.8, 4) is 0 Å². The molecule has 0 amide bonds. The van der Waals surface area contributed by atoms with E-state index < -0.39 is 36.7 Å². The first-order valence-electron chi connectivity index (χ1n) is 10.3. The van der Waals surface area contributed by atoms with E-state index in [-0.39, 0.29) is 35.0 Å². The number of aromatic amines is 1. The number of nitrogen functional groups attached to an aromatic ring is 1. The van der Waals surface area contributed by atoms with E-state index in [1.165, 1.54) is 4.57 Å². The van der Waals surface area contributed by atoms with E-state index in [0.717, 1.165) is 12.8 Å². The maximum atomic E-state index is 12.4. The van der Waals surface area contributed by atoms with Crippen LogP contribution in [0.5, 0.6) is 0 Å². The third kappa shape index (κ3) is 3.87. The first kappa shape index (κ1) is 21.6. The number of hydrogen-bond acceptors (Lipinski definition) is 10. The van der Waals surface area contributed by atoms with Crippen molar-refractivity contribution in [2.24, 2.45) is 22.1 Å². The maximum Gasteiger partial charge on any atom is 0.280 e. The van der Waals surface area contributed by atoms with Crippen LogP contribution in [0.4, 0.5) is 11.9 Å². The molecule has 0 bridgehead atoms. The molecule has 0 saturated carbocycles.